The molecule has 2 aromatic carbocycles. The lowest BCUT2D eigenvalue weighted by Gasteiger charge is -1.99. The van der Waals surface area contributed by atoms with Crippen molar-refractivity contribution >= 4 is 28.3 Å². The summed E-state index contributed by atoms with van der Waals surface area (Å²) in [6.45, 7) is 0. The van der Waals surface area contributed by atoms with E-state index in [1.807, 2.05) is 41.2 Å². The molecule has 0 bridgehead atoms. The van der Waals surface area contributed by atoms with Crippen LogP contribution in [0.15, 0.2) is 53.4 Å². The second-order valence-corrected chi connectivity index (χ2v) is 5.82. The minimum Gasteiger partial charge on any atom is -0.366 e. The standard InChI is InChI=1S/C17H12N4OS/c18-16(22)12-2-1-3-13-15(12)21-17(20-13)11-6-4-10(5-7-11)14-8-23-9-19-14/h1-9H,(H2,18,22)(H,20,21). The predicted octanol–water partition coefficient (Wildman–Crippen LogP) is 3.45. The number of fused-ring (bicyclic) bond motifs is 1. The number of imidazole rings is 1. The maximum atomic E-state index is 11.5. The molecule has 112 valence electrons. The molecule has 0 spiro atoms. The normalized spacial score (nSPS) is 11.0. The van der Waals surface area contributed by atoms with Gasteiger partial charge in [0.2, 0.25) is 0 Å². The number of aromatic nitrogens is 3. The van der Waals surface area contributed by atoms with E-state index in [1.54, 1.807) is 23.5 Å². The summed E-state index contributed by atoms with van der Waals surface area (Å²) >= 11 is 1.57. The lowest BCUT2D eigenvalue weighted by Crippen LogP contribution is -2.11. The Labute approximate surface area is 135 Å². The number of nitrogens with zero attached hydrogens (tertiary/aromatic N) is 2. The van der Waals surface area contributed by atoms with E-state index in [1.165, 1.54) is 0 Å². The highest BCUT2D eigenvalue weighted by Crippen LogP contribution is 2.25. The first-order valence-electron chi connectivity index (χ1n) is 7.00. The number of nitrogens with two attached hydrogens (primary N) is 1. The fraction of sp³-hybridized carbons (Fsp3) is 0. The van der Waals surface area contributed by atoms with Gasteiger partial charge in [-0.15, -0.1) is 11.3 Å². The van der Waals surface area contributed by atoms with Gasteiger partial charge in [0, 0.05) is 16.5 Å². The van der Waals surface area contributed by atoms with E-state index in [-0.39, 0.29) is 0 Å². The maximum absolute atomic E-state index is 11.5. The highest BCUT2D eigenvalue weighted by atomic mass is 32.1. The Morgan fingerprint density at radius 3 is 2.57 bits per heavy atom. The number of benzene rings is 2. The number of nitrogens with one attached hydrogen (secondary N) is 1. The Morgan fingerprint density at radius 2 is 1.87 bits per heavy atom. The number of carbonyl (C=O) groups is 1. The van der Waals surface area contributed by atoms with E-state index in [0.717, 1.165) is 22.3 Å². The van der Waals surface area contributed by atoms with Crippen molar-refractivity contribution in [1.82, 2.24) is 15.0 Å². The molecule has 0 radical (unpaired) electrons. The molecular formula is C17H12N4OS. The predicted molar refractivity (Wildman–Crippen MR) is 91.2 cm³/mol. The second-order valence-electron chi connectivity index (χ2n) is 5.10. The van der Waals surface area contributed by atoms with Gasteiger partial charge in [-0.2, -0.15) is 0 Å². The zero-order valence-corrected chi connectivity index (χ0v) is 12.8. The van der Waals surface area contributed by atoms with Gasteiger partial charge in [0.25, 0.3) is 5.91 Å². The van der Waals surface area contributed by atoms with Gasteiger partial charge >= 0.3 is 0 Å². The molecular weight excluding hydrogens is 308 g/mol. The molecule has 0 atom stereocenters. The zero-order valence-electron chi connectivity index (χ0n) is 12.0. The third-order valence-corrected chi connectivity index (χ3v) is 4.25. The molecule has 4 rings (SSSR count). The smallest absolute Gasteiger partial charge is 0.250 e. The highest BCUT2D eigenvalue weighted by molar-refractivity contribution is 7.07. The molecule has 6 heteroatoms. The van der Waals surface area contributed by atoms with Crippen LogP contribution in [0.3, 0.4) is 0 Å². The van der Waals surface area contributed by atoms with Crippen molar-refractivity contribution < 1.29 is 4.79 Å². The maximum Gasteiger partial charge on any atom is 0.250 e. The van der Waals surface area contributed by atoms with Crippen LogP contribution in [0, 0.1) is 0 Å². The number of primary amides is 1. The number of carbonyl (C=O) groups excluding carboxylic acids is 1. The Kier molecular flexibility index (Phi) is 3.17. The molecule has 0 saturated heterocycles. The number of para-hydroxylation sites is 1. The van der Waals surface area contributed by atoms with Crippen molar-refractivity contribution in [3.8, 4) is 22.6 Å². The number of hydrogen-bond donors (Lipinski definition) is 2. The summed E-state index contributed by atoms with van der Waals surface area (Å²) in [7, 11) is 0. The first-order chi connectivity index (χ1) is 11.2. The van der Waals surface area contributed by atoms with Crippen molar-refractivity contribution in [2.24, 2.45) is 5.73 Å². The largest absolute Gasteiger partial charge is 0.366 e. The van der Waals surface area contributed by atoms with Gasteiger partial charge in [0.15, 0.2) is 0 Å². The van der Waals surface area contributed by atoms with Crippen LogP contribution in [-0.2, 0) is 0 Å². The molecule has 0 aliphatic heterocycles. The molecule has 0 unspecified atom stereocenters. The van der Waals surface area contributed by atoms with Crippen LogP contribution in [0.25, 0.3) is 33.7 Å². The molecule has 0 aliphatic rings. The SMILES string of the molecule is NC(=O)c1cccc2[nH]c(-c3ccc(-c4cscn4)cc3)nc12. The van der Waals surface area contributed by atoms with Crippen LogP contribution in [0.5, 0.6) is 0 Å². The summed E-state index contributed by atoms with van der Waals surface area (Å²) in [4.78, 5) is 23.6. The van der Waals surface area contributed by atoms with Gasteiger partial charge in [-0.25, -0.2) is 9.97 Å². The van der Waals surface area contributed by atoms with Crippen LogP contribution in [-0.4, -0.2) is 20.9 Å². The van der Waals surface area contributed by atoms with E-state index in [9.17, 15) is 4.79 Å². The molecule has 0 saturated carbocycles. The van der Waals surface area contributed by atoms with E-state index in [0.29, 0.717) is 16.9 Å². The molecule has 23 heavy (non-hydrogen) atoms. The van der Waals surface area contributed by atoms with Crippen molar-refractivity contribution in [1.29, 1.82) is 0 Å². The monoisotopic (exact) mass is 320 g/mol. The fourth-order valence-electron chi connectivity index (χ4n) is 2.52. The zero-order chi connectivity index (χ0) is 15.8. The van der Waals surface area contributed by atoms with Crippen LogP contribution >= 0.6 is 11.3 Å². The second kappa shape index (κ2) is 5.33. The summed E-state index contributed by atoms with van der Waals surface area (Å²) in [5, 5.41) is 2.01. The topological polar surface area (TPSA) is 84.7 Å². The first kappa shape index (κ1) is 13.7. The summed E-state index contributed by atoms with van der Waals surface area (Å²) in [6, 6.07) is 13.3. The van der Waals surface area contributed by atoms with Gasteiger partial charge < -0.3 is 10.7 Å². The molecule has 5 nitrogen and oxygen atoms in total. The number of amides is 1. The third-order valence-electron chi connectivity index (χ3n) is 3.66. The minimum atomic E-state index is -0.479. The quantitative estimate of drug-likeness (QED) is 0.606. The Hall–Kier alpha value is -2.99. The first-order valence-corrected chi connectivity index (χ1v) is 7.94. The number of hydrogen-bond acceptors (Lipinski definition) is 4. The lowest BCUT2D eigenvalue weighted by atomic mass is 10.1. The summed E-state index contributed by atoms with van der Waals surface area (Å²) in [5.74, 6) is 0.228. The lowest BCUT2D eigenvalue weighted by molar-refractivity contribution is 0.100. The van der Waals surface area contributed by atoms with E-state index in [4.69, 9.17) is 5.73 Å². The summed E-state index contributed by atoms with van der Waals surface area (Å²) < 4.78 is 0. The highest BCUT2D eigenvalue weighted by Gasteiger charge is 2.12. The number of H-pyrrole nitrogens is 1. The Morgan fingerprint density at radius 1 is 1.09 bits per heavy atom. The minimum absolute atomic E-state index is 0.420. The number of rotatable bonds is 3. The number of aromatic amines is 1. The average molecular weight is 320 g/mol. The van der Waals surface area contributed by atoms with Crippen molar-refractivity contribution in [3.05, 3.63) is 58.9 Å². The molecule has 4 aromatic rings. The Bertz CT molecular complexity index is 987. The molecule has 0 fully saturated rings. The fourth-order valence-corrected chi connectivity index (χ4v) is 3.08. The van der Waals surface area contributed by atoms with Crippen LogP contribution < -0.4 is 5.73 Å². The van der Waals surface area contributed by atoms with Crippen LogP contribution in [0.4, 0.5) is 0 Å². The van der Waals surface area contributed by atoms with E-state index >= 15 is 0 Å². The number of thiazole rings is 1. The van der Waals surface area contributed by atoms with Gasteiger partial charge in [0.05, 0.1) is 22.3 Å². The van der Waals surface area contributed by atoms with Crippen LogP contribution in [0.2, 0.25) is 0 Å². The summed E-state index contributed by atoms with van der Waals surface area (Å²) in [5.41, 5.74) is 12.0. The van der Waals surface area contributed by atoms with E-state index < -0.39 is 5.91 Å². The van der Waals surface area contributed by atoms with Crippen molar-refractivity contribution in [2.75, 3.05) is 0 Å². The van der Waals surface area contributed by atoms with E-state index in [2.05, 4.69) is 15.0 Å². The molecule has 2 aromatic heterocycles. The molecule has 2 heterocycles. The molecule has 1 amide bonds. The average Bonchev–Trinajstić information content (AvgIpc) is 3.24. The summed E-state index contributed by atoms with van der Waals surface area (Å²) in [6.07, 6.45) is 0. The van der Waals surface area contributed by atoms with Gasteiger partial charge in [-0.3, -0.25) is 4.79 Å². The Balaban J connectivity index is 1.77. The van der Waals surface area contributed by atoms with Crippen molar-refractivity contribution in [3.63, 3.8) is 0 Å². The van der Waals surface area contributed by atoms with Gasteiger partial charge in [0.1, 0.15) is 11.3 Å². The van der Waals surface area contributed by atoms with Crippen LogP contribution in [0.1, 0.15) is 10.4 Å². The molecule has 3 N–H and O–H groups in total. The third kappa shape index (κ3) is 2.39. The molecule has 0 aliphatic carbocycles. The van der Waals surface area contributed by atoms with Crippen molar-refractivity contribution in [2.45, 2.75) is 0 Å². The van der Waals surface area contributed by atoms with Gasteiger partial charge in [-0.05, 0) is 12.1 Å². The van der Waals surface area contributed by atoms with Gasteiger partial charge in [-0.1, -0.05) is 30.3 Å².